The van der Waals surface area contributed by atoms with Gasteiger partial charge in [-0.05, 0) is 45.5 Å². The Morgan fingerprint density at radius 1 is 0.344 bits per heavy atom. The zero-order chi connectivity index (χ0) is 21.8. The monoisotopic (exact) mass is 474 g/mol. The maximum absolute atomic E-state index is 3.62. The molecule has 0 bridgehead atoms. The lowest BCUT2D eigenvalue weighted by atomic mass is 9.65. The molecule has 0 radical (unpaired) electrons. The minimum absolute atomic E-state index is 0.418. The van der Waals surface area contributed by atoms with Crippen LogP contribution in [0.25, 0.3) is 11.1 Å². The third kappa shape index (κ3) is 3.70. The number of hydrogen-bond acceptors (Lipinski definition) is 0. The second-order valence-corrected chi connectivity index (χ2v) is 8.85. The molecule has 0 atom stereocenters. The molecule has 0 fully saturated rings. The highest BCUT2D eigenvalue weighted by Gasteiger charge is 2.38. The van der Waals surface area contributed by atoms with E-state index in [1.54, 1.807) is 0 Å². The molecule has 0 saturated heterocycles. The second kappa shape index (κ2) is 8.98. The van der Waals surface area contributed by atoms with Crippen LogP contribution in [0.15, 0.2) is 144 Å². The quantitative estimate of drug-likeness (QED) is 0.224. The number of rotatable bonds is 5. The van der Waals surface area contributed by atoms with E-state index in [1.165, 1.54) is 33.4 Å². The Hall–Kier alpha value is -3.42. The summed E-state index contributed by atoms with van der Waals surface area (Å²) < 4.78 is 1.08. The molecule has 5 aromatic carbocycles. The fourth-order valence-electron chi connectivity index (χ4n) is 4.62. The van der Waals surface area contributed by atoms with Crippen molar-refractivity contribution in [3.8, 4) is 11.1 Å². The Morgan fingerprint density at radius 2 is 0.688 bits per heavy atom. The zero-order valence-electron chi connectivity index (χ0n) is 17.7. The maximum Gasteiger partial charge on any atom is 0.0701 e. The summed E-state index contributed by atoms with van der Waals surface area (Å²) in [5.74, 6) is 0. The molecule has 0 saturated carbocycles. The molecule has 0 unspecified atom stereocenters. The molecule has 0 nitrogen and oxygen atoms in total. The first-order valence-corrected chi connectivity index (χ1v) is 11.6. The highest BCUT2D eigenvalue weighted by molar-refractivity contribution is 9.10. The molecule has 32 heavy (non-hydrogen) atoms. The molecule has 0 aliphatic carbocycles. The topological polar surface area (TPSA) is 0 Å². The Bertz CT molecular complexity index is 1230. The van der Waals surface area contributed by atoms with Crippen LogP contribution in [-0.4, -0.2) is 0 Å². The van der Waals surface area contributed by atoms with Crippen molar-refractivity contribution in [2.24, 2.45) is 0 Å². The van der Waals surface area contributed by atoms with Crippen molar-refractivity contribution in [1.29, 1.82) is 0 Å². The summed E-state index contributed by atoms with van der Waals surface area (Å²) in [7, 11) is 0. The van der Waals surface area contributed by atoms with E-state index in [0.29, 0.717) is 0 Å². The van der Waals surface area contributed by atoms with Crippen molar-refractivity contribution in [2.75, 3.05) is 0 Å². The Morgan fingerprint density at radius 3 is 1.16 bits per heavy atom. The average molecular weight is 475 g/mol. The van der Waals surface area contributed by atoms with Crippen molar-refractivity contribution in [3.63, 3.8) is 0 Å². The molecule has 0 amide bonds. The van der Waals surface area contributed by atoms with E-state index in [-0.39, 0.29) is 0 Å². The fourth-order valence-corrected chi connectivity index (χ4v) is 4.88. The van der Waals surface area contributed by atoms with Gasteiger partial charge < -0.3 is 0 Å². The van der Waals surface area contributed by atoms with Crippen molar-refractivity contribution < 1.29 is 0 Å². The third-order valence-electron chi connectivity index (χ3n) is 6.12. The first-order chi connectivity index (χ1) is 15.8. The van der Waals surface area contributed by atoms with Crippen LogP contribution in [0.3, 0.4) is 0 Å². The second-order valence-electron chi connectivity index (χ2n) is 7.93. The van der Waals surface area contributed by atoms with Crippen LogP contribution in [0.1, 0.15) is 22.3 Å². The van der Waals surface area contributed by atoms with Crippen molar-refractivity contribution in [2.45, 2.75) is 5.41 Å². The SMILES string of the molecule is Brc1ccc(C(c2ccccc2)(c2ccccc2)c2ccc(-c3ccccc3)cc2)cc1. The van der Waals surface area contributed by atoms with Crippen LogP contribution in [0.5, 0.6) is 0 Å². The van der Waals surface area contributed by atoms with Gasteiger partial charge >= 0.3 is 0 Å². The van der Waals surface area contributed by atoms with Crippen LogP contribution in [0, 0.1) is 0 Å². The van der Waals surface area contributed by atoms with E-state index in [0.717, 1.165) is 4.47 Å². The Labute approximate surface area is 198 Å². The largest absolute Gasteiger partial charge is 0.0701 e. The van der Waals surface area contributed by atoms with Crippen LogP contribution in [0.2, 0.25) is 0 Å². The van der Waals surface area contributed by atoms with E-state index in [1.807, 2.05) is 0 Å². The molecule has 0 aromatic heterocycles. The van der Waals surface area contributed by atoms with Crippen LogP contribution < -0.4 is 0 Å². The van der Waals surface area contributed by atoms with Crippen molar-refractivity contribution >= 4 is 15.9 Å². The van der Waals surface area contributed by atoms with Gasteiger partial charge in [-0.1, -0.05) is 143 Å². The van der Waals surface area contributed by atoms with Crippen LogP contribution in [0.4, 0.5) is 0 Å². The number of benzene rings is 5. The minimum Gasteiger partial charge on any atom is -0.0622 e. The molecule has 5 aromatic rings. The third-order valence-corrected chi connectivity index (χ3v) is 6.64. The summed E-state index contributed by atoms with van der Waals surface area (Å²) in [6, 6.07) is 49.9. The highest BCUT2D eigenvalue weighted by Crippen LogP contribution is 2.45. The lowest BCUT2D eigenvalue weighted by molar-refractivity contribution is 0.745. The van der Waals surface area contributed by atoms with Gasteiger partial charge in [-0.15, -0.1) is 0 Å². The lowest BCUT2D eigenvalue weighted by Gasteiger charge is -2.37. The molecule has 0 N–H and O–H groups in total. The van der Waals surface area contributed by atoms with E-state index in [4.69, 9.17) is 0 Å². The highest BCUT2D eigenvalue weighted by atomic mass is 79.9. The number of hydrogen-bond donors (Lipinski definition) is 0. The predicted molar refractivity (Wildman–Crippen MR) is 138 cm³/mol. The normalized spacial score (nSPS) is 11.3. The van der Waals surface area contributed by atoms with E-state index in [9.17, 15) is 0 Å². The molecular weight excluding hydrogens is 452 g/mol. The van der Waals surface area contributed by atoms with Crippen molar-refractivity contribution in [3.05, 3.63) is 166 Å². The molecule has 1 heteroatoms. The van der Waals surface area contributed by atoms with Gasteiger partial charge in [-0.3, -0.25) is 0 Å². The summed E-state index contributed by atoms with van der Waals surface area (Å²) in [5.41, 5.74) is 7.02. The molecule has 0 aliphatic heterocycles. The Balaban J connectivity index is 1.79. The molecular formula is C31H23Br. The van der Waals surface area contributed by atoms with Gasteiger partial charge in [0.2, 0.25) is 0 Å². The first kappa shape index (κ1) is 20.5. The zero-order valence-corrected chi connectivity index (χ0v) is 19.2. The molecule has 0 spiro atoms. The molecule has 0 aliphatic rings. The van der Waals surface area contributed by atoms with Gasteiger partial charge in [0.25, 0.3) is 0 Å². The van der Waals surface area contributed by atoms with E-state index >= 15 is 0 Å². The van der Waals surface area contributed by atoms with E-state index < -0.39 is 5.41 Å². The van der Waals surface area contributed by atoms with Gasteiger partial charge in [0.15, 0.2) is 0 Å². The molecule has 5 rings (SSSR count). The van der Waals surface area contributed by atoms with Crippen LogP contribution in [-0.2, 0) is 5.41 Å². The summed E-state index contributed by atoms with van der Waals surface area (Å²) in [5, 5.41) is 0. The van der Waals surface area contributed by atoms with Crippen molar-refractivity contribution in [1.82, 2.24) is 0 Å². The number of halogens is 1. The Kier molecular flexibility index (Phi) is 5.75. The summed E-state index contributed by atoms with van der Waals surface area (Å²) in [6.07, 6.45) is 0. The lowest BCUT2D eigenvalue weighted by Crippen LogP contribution is -2.30. The van der Waals surface area contributed by atoms with Gasteiger partial charge in [0.1, 0.15) is 0 Å². The first-order valence-electron chi connectivity index (χ1n) is 10.8. The summed E-state index contributed by atoms with van der Waals surface area (Å²) in [4.78, 5) is 0. The molecule has 0 heterocycles. The van der Waals surface area contributed by atoms with Gasteiger partial charge in [-0.2, -0.15) is 0 Å². The summed E-state index contributed by atoms with van der Waals surface area (Å²) in [6.45, 7) is 0. The van der Waals surface area contributed by atoms with Gasteiger partial charge in [0.05, 0.1) is 5.41 Å². The minimum atomic E-state index is -0.418. The van der Waals surface area contributed by atoms with Gasteiger partial charge in [-0.25, -0.2) is 0 Å². The van der Waals surface area contributed by atoms with E-state index in [2.05, 4.69) is 155 Å². The maximum atomic E-state index is 3.62. The smallest absolute Gasteiger partial charge is 0.0622 e. The molecule has 154 valence electrons. The standard InChI is InChI=1S/C31H23Br/c32-30-22-20-29(21-23-30)31(26-12-6-2-7-13-26,27-14-8-3-9-15-27)28-18-16-25(17-19-28)24-10-4-1-5-11-24/h1-23H. The van der Waals surface area contributed by atoms with Crippen LogP contribution >= 0.6 is 15.9 Å². The fraction of sp³-hybridized carbons (Fsp3) is 0.0323. The van der Waals surface area contributed by atoms with Gasteiger partial charge in [0, 0.05) is 4.47 Å². The predicted octanol–water partition coefficient (Wildman–Crippen LogP) is 8.50. The average Bonchev–Trinajstić information content (AvgIpc) is 2.88. The summed E-state index contributed by atoms with van der Waals surface area (Å²) >= 11 is 3.62.